The monoisotopic (exact) mass is 268 g/mol. The summed E-state index contributed by atoms with van der Waals surface area (Å²) in [6, 6.07) is 10.1. The van der Waals surface area contributed by atoms with Crippen LogP contribution in [-0.2, 0) is 0 Å². The van der Waals surface area contributed by atoms with Crippen LogP contribution in [-0.4, -0.2) is 6.61 Å². The molecule has 5 rings (SSSR count). The van der Waals surface area contributed by atoms with Gasteiger partial charge in [0.2, 0.25) is 0 Å². The number of allylic oxidation sites excluding steroid dienone is 1. The van der Waals surface area contributed by atoms with Crippen LogP contribution in [0.15, 0.2) is 42.5 Å². The van der Waals surface area contributed by atoms with Gasteiger partial charge in [-0.2, -0.15) is 0 Å². The van der Waals surface area contributed by atoms with Crippen molar-refractivity contribution in [1.29, 1.82) is 0 Å². The lowest BCUT2D eigenvalue weighted by Gasteiger charge is -2.55. The van der Waals surface area contributed by atoms with E-state index in [-0.39, 0.29) is 0 Å². The zero-order valence-corrected chi connectivity index (χ0v) is 12.1. The van der Waals surface area contributed by atoms with E-state index in [2.05, 4.69) is 12.2 Å². The van der Waals surface area contributed by atoms with Crippen LogP contribution in [0.5, 0.6) is 5.75 Å². The first kappa shape index (κ1) is 12.5. The SMILES string of the molecule is C(=C\C12CC3CC(CC(C3)C1)C2)/COc1ccccc1. The Morgan fingerprint density at radius 2 is 1.55 bits per heavy atom. The molecule has 0 aliphatic heterocycles. The number of para-hydroxylation sites is 1. The highest BCUT2D eigenvalue weighted by atomic mass is 16.5. The quantitative estimate of drug-likeness (QED) is 0.710. The molecule has 0 radical (unpaired) electrons. The van der Waals surface area contributed by atoms with Gasteiger partial charge in [0.05, 0.1) is 0 Å². The maximum Gasteiger partial charge on any atom is 0.119 e. The van der Waals surface area contributed by atoms with Crippen LogP contribution in [0, 0.1) is 23.2 Å². The van der Waals surface area contributed by atoms with Crippen LogP contribution in [0.3, 0.4) is 0 Å². The molecule has 4 bridgehead atoms. The highest BCUT2D eigenvalue weighted by Gasteiger charge is 2.49. The lowest BCUT2D eigenvalue weighted by molar-refractivity contribution is -0.0239. The second-order valence-electron chi connectivity index (χ2n) is 7.31. The van der Waals surface area contributed by atoms with Gasteiger partial charge in [0.1, 0.15) is 12.4 Å². The molecule has 4 aliphatic carbocycles. The number of hydrogen-bond donors (Lipinski definition) is 0. The van der Waals surface area contributed by atoms with Gasteiger partial charge in [-0.25, -0.2) is 0 Å². The minimum atomic E-state index is 0.537. The molecule has 106 valence electrons. The second kappa shape index (κ2) is 4.95. The van der Waals surface area contributed by atoms with Gasteiger partial charge in [0.15, 0.2) is 0 Å². The van der Waals surface area contributed by atoms with Crippen molar-refractivity contribution in [3.63, 3.8) is 0 Å². The Morgan fingerprint density at radius 1 is 0.950 bits per heavy atom. The zero-order chi connectivity index (χ0) is 13.4. The van der Waals surface area contributed by atoms with Gasteiger partial charge in [0, 0.05) is 0 Å². The second-order valence-corrected chi connectivity index (χ2v) is 7.31. The lowest BCUT2D eigenvalue weighted by atomic mass is 9.49. The molecule has 0 aromatic heterocycles. The third kappa shape index (κ3) is 2.39. The van der Waals surface area contributed by atoms with Crippen molar-refractivity contribution in [2.24, 2.45) is 23.2 Å². The predicted octanol–water partition coefficient (Wildman–Crippen LogP) is 4.84. The Kier molecular flexibility index (Phi) is 3.09. The maximum atomic E-state index is 5.78. The van der Waals surface area contributed by atoms with Gasteiger partial charge in [-0.1, -0.05) is 30.4 Å². The van der Waals surface area contributed by atoms with E-state index < -0.39 is 0 Å². The molecular weight excluding hydrogens is 244 g/mol. The van der Waals surface area contributed by atoms with Crippen LogP contribution in [0.4, 0.5) is 0 Å². The van der Waals surface area contributed by atoms with Crippen LogP contribution < -0.4 is 4.74 Å². The lowest BCUT2D eigenvalue weighted by Crippen LogP contribution is -2.45. The molecule has 4 saturated carbocycles. The summed E-state index contributed by atoms with van der Waals surface area (Å²) in [5.41, 5.74) is 0.537. The summed E-state index contributed by atoms with van der Waals surface area (Å²) in [6.45, 7) is 0.714. The Hall–Kier alpha value is -1.24. The van der Waals surface area contributed by atoms with Crippen LogP contribution in [0.2, 0.25) is 0 Å². The van der Waals surface area contributed by atoms with E-state index in [9.17, 15) is 0 Å². The largest absolute Gasteiger partial charge is 0.490 e. The van der Waals surface area contributed by atoms with E-state index >= 15 is 0 Å². The molecule has 0 saturated heterocycles. The smallest absolute Gasteiger partial charge is 0.119 e. The minimum absolute atomic E-state index is 0.537. The molecule has 4 fully saturated rings. The van der Waals surface area contributed by atoms with Crippen molar-refractivity contribution in [3.05, 3.63) is 42.5 Å². The fraction of sp³-hybridized carbons (Fsp3) is 0.579. The average molecular weight is 268 g/mol. The summed E-state index contributed by atoms with van der Waals surface area (Å²) in [5.74, 6) is 4.06. The van der Waals surface area contributed by atoms with Gasteiger partial charge in [0.25, 0.3) is 0 Å². The summed E-state index contributed by atoms with van der Waals surface area (Å²) < 4.78 is 5.78. The third-order valence-electron chi connectivity index (χ3n) is 5.65. The van der Waals surface area contributed by atoms with Crippen molar-refractivity contribution >= 4 is 0 Å². The van der Waals surface area contributed by atoms with E-state index in [1.54, 1.807) is 0 Å². The highest BCUT2D eigenvalue weighted by molar-refractivity contribution is 5.21. The van der Waals surface area contributed by atoms with Crippen LogP contribution in [0.1, 0.15) is 38.5 Å². The first-order valence-electron chi connectivity index (χ1n) is 8.17. The normalized spacial score (nSPS) is 38.5. The number of rotatable bonds is 4. The Morgan fingerprint density at radius 3 is 2.15 bits per heavy atom. The van der Waals surface area contributed by atoms with Crippen LogP contribution >= 0.6 is 0 Å². The molecule has 0 N–H and O–H groups in total. The Bertz CT molecular complexity index is 452. The standard InChI is InChI=1S/C19H24O/c1-2-5-18(6-3-1)20-8-4-7-19-12-15-9-16(13-19)11-17(10-15)14-19/h1-7,15-17H,8-14H2/b7-4+. The molecule has 1 aromatic rings. The van der Waals surface area contributed by atoms with E-state index in [0.29, 0.717) is 12.0 Å². The molecule has 0 amide bonds. The minimum Gasteiger partial charge on any atom is -0.490 e. The average Bonchev–Trinajstić information content (AvgIpc) is 2.43. The topological polar surface area (TPSA) is 9.23 Å². The zero-order valence-electron chi connectivity index (χ0n) is 12.1. The van der Waals surface area contributed by atoms with Crippen molar-refractivity contribution < 1.29 is 4.74 Å². The summed E-state index contributed by atoms with van der Waals surface area (Å²) >= 11 is 0. The molecule has 4 aliphatic rings. The van der Waals surface area contributed by atoms with Crippen molar-refractivity contribution in [3.8, 4) is 5.75 Å². The van der Waals surface area contributed by atoms with Crippen molar-refractivity contribution in [2.45, 2.75) is 38.5 Å². The Balaban J connectivity index is 1.38. The number of hydrogen-bond acceptors (Lipinski definition) is 1. The third-order valence-corrected chi connectivity index (χ3v) is 5.65. The summed E-state index contributed by atoms with van der Waals surface area (Å²) in [5, 5.41) is 0. The molecule has 0 atom stereocenters. The van der Waals surface area contributed by atoms with E-state index in [4.69, 9.17) is 4.74 Å². The molecular formula is C19H24O. The van der Waals surface area contributed by atoms with Gasteiger partial charge in [-0.15, -0.1) is 0 Å². The Labute approximate surface area is 122 Å². The summed E-state index contributed by atoms with van der Waals surface area (Å²) in [7, 11) is 0. The van der Waals surface area contributed by atoms with Gasteiger partial charge in [-0.3, -0.25) is 0 Å². The summed E-state index contributed by atoms with van der Waals surface area (Å²) in [6.07, 6.45) is 13.7. The molecule has 0 unspecified atom stereocenters. The molecule has 20 heavy (non-hydrogen) atoms. The molecule has 0 heterocycles. The van der Waals surface area contributed by atoms with Gasteiger partial charge >= 0.3 is 0 Å². The van der Waals surface area contributed by atoms with E-state index in [1.807, 2.05) is 30.3 Å². The highest BCUT2D eigenvalue weighted by Crippen LogP contribution is 2.60. The van der Waals surface area contributed by atoms with E-state index in [1.165, 1.54) is 38.5 Å². The first-order chi connectivity index (χ1) is 9.81. The molecule has 1 aromatic carbocycles. The molecule has 1 nitrogen and oxygen atoms in total. The van der Waals surface area contributed by atoms with Crippen molar-refractivity contribution in [1.82, 2.24) is 0 Å². The molecule has 0 spiro atoms. The predicted molar refractivity (Wildman–Crippen MR) is 81.7 cm³/mol. The fourth-order valence-electron chi connectivity index (χ4n) is 5.34. The fourth-order valence-corrected chi connectivity index (χ4v) is 5.34. The van der Waals surface area contributed by atoms with Gasteiger partial charge < -0.3 is 4.74 Å². The first-order valence-corrected chi connectivity index (χ1v) is 8.17. The van der Waals surface area contributed by atoms with E-state index in [0.717, 1.165) is 23.5 Å². The number of benzene rings is 1. The summed E-state index contributed by atoms with van der Waals surface area (Å²) in [4.78, 5) is 0. The maximum absolute atomic E-state index is 5.78. The van der Waals surface area contributed by atoms with Crippen LogP contribution in [0.25, 0.3) is 0 Å². The molecule has 1 heteroatoms. The number of ether oxygens (including phenoxy) is 1. The van der Waals surface area contributed by atoms with Crippen molar-refractivity contribution in [2.75, 3.05) is 6.61 Å². The van der Waals surface area contributed by atoms with Gasteiger partial charge in [-0.05, 0) is 73.8 Å².